The number of hydrogen-bond donors (Lipinski definition) is 0. The van der Waals surface area contributed by atoms with Crippen molar-refractivity contribution < 1.29 is 23.7 Å². The summed E-state index contributed by atoms with van der Waals surface area (Å²) in [4.78, 5) is 0. The largest absolute Gasteiger partial charge is 0.464 e. The van der Waals surface area contributed by atoms with E-state index in [1.807, 2.05) is 24.3 Å². The van der Waals surface area contributed by atoms with Gasteiger partial charge in [-0.1, -0.05) is 6.07 Å². The van der Waals surface area contributed by atoms with Crippen molar-refractivity contribution in [3.8, 4) is 11.5 Å². The highest BCUT2D eigenvalue weighted by Crippen LogP contribution is 2.38. The van der Waals surface area contributed by atoms with Crippen LogP contribution < -0.4 is 9.47 Å². The molecule has 106 valence electrons. The Morgan fingerprint density at radius 3 is 2.95 bits per heavy atom. The molecular formula is C15H16O5. The van der Waals surface area contributed by atoms with Gasteiger partial charge in [-0.3, -0.25) is 0 Å². The fourth-order valence-electron chi connectivity index (χ4n) is 2.70. The summed E-state index contributed by atoms with van der Waals surface area (Å²) in [5.74, 6) is 1.93. The maximum Gasteiger partial charge on any atom is 0.234 e. The van der Waals surface area contributed by atoms with Gasteiger partial charge in [-0.2, -0.15) is 0 Å². The second-order valence-corrected chi connectivity index (χ2v) is 5.14. The molecule has 1 aromatic carbocycles. The van der Waals surface area contributed by atoms with E-state index in [1.54, 1.807) is 0 Å². The molecule has 3 heterocycles. The highest BCUT2D eigenvalue weighted by Gasteiger charge is 2.41. The summed E-state index contributed by atoms with van der Waals surface area (Å²) in [5, 5.41) is 0. The van der Waals surface area contributed by atoms with Gasteiger partial charge in [-0.05, 0) is 23.8 Å². The van der Waals surface area contributed by atoms with Gasteiger partial charge in [0.05, 0.1) is 13.2 Å². The standard InChI is InChI=1S/C15H16O5/c1-2-13-14(18-10-17-13)8-11(1)7-12-3-4-15(20-12)9-16-5-6-19-15/h1-2,7-8H,3-6,9-10H2. The molecule has 1 spiro atoms. The molecule has 5 heteroatoms. The number of benzene rings is 1. The van der Waals surface area contributed by atoms with Crippen LogP contribution in [0.4, 0.5) is 0 Å². The van der Waals surface area contributed by atoms with Crippen LogP contribution in [0.25, 0.3) is 6.08 Å². The SMILES string of the molecule is C(=C1CCC2(COCCO2)O1)c1ccc2c(c1)OCO2. The van der Waals surface area contributed by atoms with Crippen molar-refractivity contribution in [2.75, 3.05) is 26.6 Å². The lowest BCUT2D eigenvalue weighted by atomic mass is 10.1. The zero-order valence-corrected chi connectivity index (χ0v) is 11.1. The predicted molar refractivity (Wildman–Crippen MR) is 70.4 cm³/mol. The minimum atomic E-state index is -0.569. The minimum Gasteiger partial charge on any atom is -0.464 e. The molecule has 0 saturated carbocycles. The highest BCUT2D eigenvalue weighted by molar-refractivity contribution is 5.58. The average molecular weight is 276 g/mol. The van der Waals surface area contributed by atoms with Crippen molar-refractivity contribution in [1.29, 1.82) is 0 Å². The first kappa shape index (κ1) is 12.1. The van der Waals surface area contributed by atoms with Gasteiger partial charge in [0.15, 0.2) is 11.5 Å². The zero-order valence-electron chi connectivity index (χ0n) is 11.1. The summed E-state index contributed by atoms with van der Waals surface area (Å²) >= 11 is 0. The Morgan fingerprint density at radius 1 is 1.10 bits per heavy atom. The predicted octanol–water partition coefficient (Wildman–Crippen LogP) is 2.31. The Hall–Kier alpha value is -1.72. The molecule has 0 radical (unpaired) electrons. The van der Waals surface area contributed by atoms with Crippen LogP contribution in [0, 0.1) is 0 Å². The molecule has 1 unspecified atom stereocenters. The number of hydrogen-bond acceptors (Lipinski definition) is 5. The number of fused-ring (bicyclic) bond motifs is 1. The zero-order chi connectivity index (χ0) is 13.4. The minimum absolute atomic E-state index is 0.292. The van der Waals surface area contributed by atoms with E-state index in [0.29, 0.717) is 26.6 Å². The molecule has 0 aliphatic carbocycles. The third kappa shape index (κ3) is 2.13. The average Bonchev–Trinajstić information content (AvgIpc) is 3.07. The Kier molecular flexibility index (Phi) is 2.82. The Balaban J connectivity index is 1.53. The maximum atomic E-state index is 5.96. The van der Waals surface area contributed by atoms with E-state index in [2.05, 4.69) is 0 Å². The van der Waals surface area contributed by atoms with E-state index in [9.17, 15) is 0 Å². The smallest absolute Gasteiger partial charge is 0.234 e. The van der Waals surface area contributed by atoms with Gasteiger partial charge >= 0.3 is 0 Å². The van der Waals surface area contributed by atoms with Crippen LogP contribution in [-0.4, -0.2) is 32.4 Å². The van der Waals surface area contributed by atoms with Crippen LogP contribution in [0.15, 0.2) is 24.0 Å². The van der Waals surface area contributed by atoms with Crippen molar-refractivity contribution >= 4 is 6.08 Å². The molecule has 0 amide bonds. The Morgan fingerprint density at radius 2 is 2.05 bits per heavy atom. The lowest BCUT2D eigenvalue weighted by molar-refractivity contribution is -0.261. The molecule has 3 aliphatic heterocycles. The third-order valence-corrected chi connectivity index (χ3v) is 3.71. The first-order chi connectivity index (χ1) is 9.83. The van der Waals surface area contributed by atoms with E-state index in [4.69, 9.17) is 23.7 Å². The molecule has 3 aliphatic rings. The van der Waals surface area contributed by atoms with Crippen LogP contribution >= 0.6 is 0 Å². The molecule has 1 atom stereocenters. The molecule has 2 fully saturated rings. The summed E-state index contributed by atoms with van der Waals surface area (Å²) in [5.41, 5.74) is 1.04. The second-order valence-electron chi connectivity index (χ2n) is 5.14. The van der Waals surface area contributed by atoms with Gasteiger partial charge in [0.25, 0.3) is 0 Å². The summed E-state index contributed by atoms with van der Waals surface area (Å²) in [7, 11) is 0. The van der Waals surface area contributed by atoms with E-state index in [1.165, 1.54) is 0 Å². The van der Waals surface area contributed by atoms with Crippen LogP contribution in [0.5, 0.6) is 11.5 Å². The van der Waals surface area contributed by atoms with Crippen molar-refractivity contribution in [3.63, 3.8) is 0 Å². The summed E-state index contributed by atoms with van der Waals surface area (Å²) in [6.07, 6.45) is 3.72. The van der Waals surface area contributed by atoms with Crippen molar-refractivity contribution in [3.05, 3.63) is 29.5 Å². The van der Waals surface area contributed by atoms with Crippen molar-refractivity contribution in [2.45, 2.75) is 18.6 Å². The third-order valence-electron chi connectivity index (χ3n) is 3.71. The van der Waals surface area contributed by atoms with Gasteiger partial charge in [0.1, 0.15) is 12.4 Å². The topological polar surface area (TPSA) is 46.2 Å². The molecule has 1 aromatic rings. The van der Waals surface area contributed by atoms with E-state index in [0.717, 1.165) is 35.7 Å². The summed E-state index contributed by atoms with van der Waals surface area (Å²) < 4.78 is 27.8. The van der Waals surface area contributed by atoms with Gasteiger partial charge in [-0.15, -0.1) is 0 Å². The van der Waals surface area contributed by atoms with Crippen LogP contribution in [-0.2, 0) is 14.2 Å². The normalized spacial score (nSPS) is 29.9. The van der Waals surface area contributed by atoms with Gasteiger partial charge in [0, 0.05) is 12.8 Å². The van der Waals surface area contributed by atoms with Crippen molar-refractivity contribution in [2.24, 2.45) is 0 Å². The lowest BCUT2D eigenvalue weighted by Crippen LogP contribution is -2.42. The Bertz CT molecular complexity index is 545. The van der Waals surface area contributed by atoms with Gasteiger partial charge in [0.2, 0.25) is 12.6 Å². The lowest BCUT2D eigenvalue weighted by Gasteiger charge is -2.32. The Labute approximate surface area is 117 Å². The molecule has 0 bridgehead atoms. The number of allylic oxidation sites excluding steroid dienone is 1. The number of ether oxygens (including phenoxy) is 5. The first-order valence-corrected chi connectivity index (χ1v) is 6.84. The van der Waals surface area contributed by atoms with E-state index >= 15 is 0 Å². The maximum absolute atomic E-state index is 5.96. The van der Waals surface area contributed by atoms with Crippen LogP contribution in [0.1, 0.15) is 18.4 Å². The quantitative estimate of drug-likeness (QED) is 0.787. The molecule has 0 N–H and O–H groups in total. The first-order valence-electron chi connectivity index (χ1n) is 6.84. The molecule has 4 rings (SSSR count). The van der Waals surface area contributed by atoms with Gasteiger partial charge in [-0.25, -0.2) is 0 Å². The molecule has 2 saturated heterocycles. The van der Waals surface area contributed by atoms with E-state index in [-0.39, 0.29) is 0 Å². The monoisotopic (exact) mass is 276 g/mol. The molecule has 0 aromatic heterocycles. The summed E-state index contributed by atoms with van der Waals surface area (Å²) in [6, 6.07) is 5.87. The van der Waals surface area contributed by atoms with Crippen LogP contribution in [0.3, 0.4) is 0 Å². The molecule has 20 heavy (non-hydrogen) atoms. The second kappa shape index (κ2) is 4.68. The van der Waals surface area contributed by atoms with E-state index < -0.39 is 5.79 Å². The van der Waals surface area contributed by atoms with Crippen LogP contribution in [0.2, 0.25) is 0 Å². The fraction of sp³-hybridized carbons (Fsp3) is 0.467. The number of rotatable bonds is 1. The fourth-order valence-corrected chi connectivity index (χ4v) is 2.70. The molecule has 5 nitrogen and oxygen atoms in total. The van der Waals surface area contributed by atoms with Gasteiger partial charge < -0.3 is 23.7 Å². The van der Waals surface area contributed by atoms with Crippen molar-refractivity contribution in [1.82, 2.24) is 0 Å². The summed E-state index contributed by atoms with van der Waals surface area (Å²) in [6.45, 7) is 2.04. The highest BCUT2D eigenvalue weighted by atomic mass is 16.7. The molecular weight excluding hydrogens is 260 g/mol.